The first-order chi connectivity index (χ1) is 11.4. The van der Waals surface area contributed by atoms with E-state index in [1.165, 1.54) is 16.9 Å². The Morgan fingerprint density at radius 3 is 2.79 bits per heavy atom. The molecule has 124 valence electrons. The van der Waals surface area contributed by atoms with Gasteiger partial charge in [-0.05, 0) is 64.7 Å². The lowest BCUT2D eigenvalue weighted by Gasteiger charge is -2.06. The molecule has 0 saturated carbocycles. The van der Waals surface area contributed by atoms with Gasteiger partial charge in [-0.1, -0.05) is 15.5 Å². The van der Waals surface area contributed by atoms with Gasteiger partial charge >= 0.3 is 0 Å². The van der Waals surface area contributed by atoms with Crippen molar-refractivity contribution in [2.45, 2.75) is 13.8 Å². The highest BCUT2D eigenvalue weighted by molar-refractivity contribution is 9.10. The summed E-state index contributed by atoms with van der Waals surface area (Å²) in [7, 11) is -0.540. The molecule has 1 aliphatic heterocycles. The van der Waals surface area contributed by atoms with Crippen molar-refractivity contribution in [2.24, 2.45) is 5.73 Å². The summed E-state index contributed by atoms with van der Waals surface area (Å²) >= 11 is 10.6. The Labute approximate surface area is 160 Å². The van der Waals surface area contributed by atoms with Crippen LogP contribution in [0.3, 0.4) is 0 Å². The number of thiazole rings is 1. The molecule has 0 amide bonds. The monoisotopic (exact) mass is 438 g/mol. The number of amidine groups is 1. The van der Waals surface area contributed by atoms with Crippen LogP contribution in [-0.2, 0) is 20.6 Å². The highest BCUT2D eigenvalue weighted by atomic mass is 79.9. The smallest absolute Gasteiger partial charge is 0.187 e. The van der Waals surface area contributed by atoms with Crippen LogP contribution in [0, 0.1) is 12.3 Å². The van der Waals surface area contributed by atoms with E-state index in [0.29, 0.717) is 4.91 Å². The first-order valence-electron chi connectivity index (χ1n) is 7.04. The summed E-state index contributed by atoms with van der Waals surface area (Å²) in [6, 6.07) is 6.14. The lowest BCUT2D eigenvalue weighted by molar-refractivity contribution is 1.33. The molecule has 1 atom stereocenters. The molecular formula is C16H15BrN4S3. The number of hydrogen-bond acceptors (Lipinski definition) is 5. The van der Waals surface area contributed by atoms with Crippen LogP contribution in [0.25, 0.3) is 5.57 Å². The van der Waals surface area contributed by atoms with Crippen molar-refractivity contribution in [1.82, 2.24) is 4.98 Å². The minimum absolute atomic E-state index is 0.0415. The molecule has 1 aromatic carbocycles. The minimum atomic E-state index is -0.540. The van der Waals surface area contributed by atoms with Gasteiger partial charge in [0.2, 0.25) is 0 Å². The number of halogens is 1. The van der Waals surface area contributed by atoms with Crippen LogP contribution >= 0.6 is 27.3 Å². The number of nitrogens with two attached hydrogens (primary N) is 1. The minimum Gasteiger partial charge on any atom is -0.383 e. The Bertz CT molecular complexity index is 927. The van der Waals surface area contributed by atoms with Crippen molar-refractivity contribution in [2.75, 3.05) is 5.32 Å². The van der Waals surface area contributed by atoms with Crippen LogP contribution in [-0.4, -0.2) is 10.8 Å². The van der Waals surface area contributed by atoms with Gasteiger partial charge in [0.25, 0.3) is 0 Å². The zero-order chi connectivity index (χ0) is 17.4. The molecule has 4 N–H and O–H groups in total. The summed E-state index contributed by atoms with van der Waals surface area (Å²) in [6.45, 7) is 4.04. The van der Waals surface area contributed by atoms with Crippen molar-refractivity contribution in [1.29, 1.82) is 5.41 Å². The summed E-state index contributed by atoms with van der Waals surface area (Å²) < 4.78 is 1.00. The predicted molar refractivity (Wildman–Crippen MR) is 112 cm³/mol. The maximum Gasteiger partial charge on any atom is 0.187 e. The summed E-state index contributed by atoms with van der Waals surface area (Å²) in [5.74, 6) is 0.0415. The second-order valence-corrected chi connectivity index (χ2v) is 9.61. The van der Waals surface area contributed by atoms with E-state index in [-0.39, 0.29) is 5.84 Å². The quantitative estimate of drug-likeness (QED) is 0.481. The van der Waals surface area contributed by atoms with Gasteiger partial charge < -0.3 is 11.1 Å². The molecule has 0 saturated heterocycles. The molecule has 0 bridgehead atoms. The Morgan fingerprint density at radius 2 is 2.17 bits per heavy atom. The highest BCUT2D eigenvalue weighted by Crippen LogP contribution is 2.35. The van der Waals surface area contributed by atoms with Gasteiger partial charge in [0.1, 0.15) is 5.84 Å². The SMILES string of the molecule is CC1=C(c2csc(Nc3ccc(C)cc3Br)n2)C=C(C(=N)N)S1=S. The Kier molecular flexibility index (Phi) is 5.00. The molecule has 3 rings (SSSR count). The number of hydrogen-bond donors (Lipinski definition) is 3. The topological polar surface area (TPSA) is 74.8 Å². The number of nitrogens with zero attached hydrogens (tertiary/aromatic N) is 1. The van der Waals surface area contributed by atoms with Gasteiger partial charge in [-0.3, -0.25) is 5.41 Å². The molecular weight excluding hydrogens is 424 g/mol. The Morgan fingerprint density at radius 1 is 1.42 bits per heavy atom. The third-order valence-electron chi connectivity index (χ3n) is 3.54. The summed E-state index contributed by atoms with van der Waals surface area (Å²) in [6.07, 6.45) is 1.90. The van der Waals surface area contributed by atoms with E-state index in [0.717, 1.165) is 31.5 Å². The predicted octanol–water partition coefficient (Wildman–Crippen LogP) is 4.60. The zero-order valence-electron chi connectivity index (χ0n) is 13.0. The molecule has 1 unspecified atom stereocenters. The number of anilines is 2. The van der Waals surface area contributed by atoms with Crippen LogP contribution in [0.15, 0.2) is 43.9 Å². The van der Waals surface area contributed by atoms with E-state index in [2.05, 4.69) is 45.3 Å². The van der Waals surface area contributed by atoms with Gasteiger partial charge in [0.05, 0.1) is 16.3 Å². The zero-order valence-corrected chi connectivity index (χ0v) is 17.0. The fraction of sp³-hybridized carbons (Fsp3) is 0.125. The van der Waals surface area contributed by atoms with Gasteiger partial charge in [-0.15, -0.1) is 11.3 Å². The second kappa shape index (κ2) is 6.87. The standard InChI is InChI=1S/C16H15BrN4S3/c1-8-3-4-12(11(17)5-8)20-16-21-13(7-23-16)10-6-14(15(18)19)24(22)9(10)2/h3-7H,1-2H3,(H3,18,19)(H,20,21). The maximum absolute atomic E-state index is 7.65. The molecule has 24 heavy (non-hydrogen) atoms. The molecule has 0 aliphatic carbocycles. The number of aromatic nitrogens is 1. The molecule has 0 spiro atoms. The lowest BCUT2D eigenvalue weighted by atomic mass is 10.2. The number of aryl methyl sites for hydroxylation is 1. The van der Waals surface area contributed by atoms with Crippen molar-refractivity contribution in [3.63, 3.8) is 0 Å². The van der Waals surface area contributed by atoms with Crippen LogP contribution in [0.1, 0.15) is 18.2 Å². The van der Waals surface area contributed by atoms with Crippen LogP contribution < -0.4 is 11.1 Å². The van der Waals surface area contributed by atoms with Crippen LogP contribution in [0.5, 0.6) is 0 Å². The molecule has 0 fully saturated rings. The molecule has 0 radical (unpaired) electrons. The van der Waals surface area contributed by atoms with Gasteiger partial charge in [0, 0.05) is 20.3 Å². The van der Waals surface area contributed by atoms with Crippen molar-refractivity contribution >= 4 is 70.1 Å². The van der Waals surface area contributed by atoms with E-state index in [9.17, 15) is 0 Å². The molecule has 2 aromatic rings. The number of allylic oxidation sites excluding steroid dienone is 3. The summed E-state index contributed by atoms with van der Waals surface area (Å²) in [5.41, 5.74) is 9.63. The number of rotatable bonds is 4. The normalized spacial score (nSPS) is 17.1. The Hall–Kier alpha value is -1.35. The summed E-state index contributed by atoms with van der Waals surface area (Å²) in [5, 5.41) is 13.8. The van der Waals surface area contributed by atoms with E-state index in [1.807, 2.05) is 24.4 Å². The van der Waals surface area contributed by atoms with E-state index < -0.39 is 9.45 Å². The summed E-state index contributed by atoms with van der Waals surface area (Å²) in [4.78, 5) is 6.42. The fourth-order valence-electron chi connectivity index (χ4n) is 2.27. The first-order valence-corrected chi connectivity index (χ1v) is 10.9. The average Bonchev–Trinajstić information content (AvgIpc) is 3.08. The largest absolute Gasteiger partial charge is 0.383 e. The van der Waals surface area contributed by atoms with E-state index in [1.54, 1.807) is 0 Å². The first kappa shape index (κ1) is 17.5. The van der Waals surface area contributed by atoms with Crippen molar-refractivity contribution < 1.29 is 0 Å². The van der Waals surface area contributed by atoms with Crippen molar-refractivity contribution in [3.05, 3.63) is 55.2 Å². The van der Waals surface area contributed by atoms with E-state index in [4.69, 9.17) is 22.3 Å². The number of benzene rings is 1. The average molecular weight is 439 g/mol. The third-order valence-corrected chi connectivity index (χ3v) is 7.76. The van der Waals surface area contributed by atoms with Crippen LogP contribution in [0.4, 0.5) is 10.8 Å². The third kappa shape index (κ3) is 3.37. The Balaban J connectivity index is 1.89. The fourth-order valence-corrected chi connectivity index (χ4v) is 5.39. The second-order valence-electron chi connectivity index (χ2n) is 5.31. The molecule has 2 heterocycles. The number of nitrogens with one attached hydrogen (secondary N) is 2. The lowest BCUT2D eigenvalue weighted by Crippen LogP contribution is -2.14. The molecule has 4 nitrogen and oxygen atoms in total. The van der Waals surface area contributed by atoms with Gasteiger partial charge in [-0.25, -0.2) is 4.98 Å². The van der Waals surface area contributed by atoms with E-state index >= 15 is 0 Å². The molecule has 8 heteroatoms. The molecule has 1 aromatic heterocycles. The van der Waals surface area contributed by atoms with Gasteiger partial charge in [-0.2, -0.15) is 0 Å². The highest BCUT2D eigenvalue weighted by Gasteiger charge is 2.22. The van der Waals surface area contributed by atoms with Gasteiger partial charge in [0.15, 0.2) is 5.13 Å². The molecule has 1 aliphatic rings. The maximum atomic E-state index is 7.65. The van der Waals surface area contributed by atoms with Crippen LogP contribution in [0.2, 0.25) is 0 Å². The van der Waals surface area contributed by atoms with Crippen molar-refractivity contribution in [3.8, 4) is 0 Å².